The molecule has 0 fully saturated rings. The Kier molecular flexibility index (Phi) is 4.76. The van der Waals surface area contributed by atoms with E-state index in [0.29, 0.717) is 0 Å². The molecule has 0 amide bonds. The van der Waals surface area contributed by atoms with Crippen molar-refractivity contribution >= 4 is 16.7 Å². The molecule has 0 aliphatic carbocycles. The highest BCUT2D eigenvalue weighted by Gasteiger charge is 2.07. The van der Waals surface area contributed by atoms with Gasteiger partial charge in [-0.3, -0.25) is 0 Å². The van der Waals surface area contributed by atoms with Gasteiger partial charge in [-0.05, 0) is 31.2 Å². The highest BCUT2D eigenvalue weighted by molar-refractivity contribution is 5.78. The molecule has 0 bridgehead atoms. The predicted molar refractivity (Wildman–Crippen MR) is 78.0 cm³/mol. The van der Waals surface area contributed by atoms with Gasteiger partial charge in [-0.25, -0.2) is 4.98 Å². The SMILES string of the molecule is CCCN(CCO)CCc1nc2ccc(N)cc2[nH]1. The Hall–Kier alpha value is -1.59. The summed E-state index contributed by atoms with van der Waals surface area (Å²) in [5.74, 6) is 0.972. The summed E-state index contributed by atoms with van der Waals surface area (Å²) in [4.78, 5) is 10.1. The number of fused-ring (bicyclic) bond motifs is 1. The van der Waals surface area contributed by atoms with Crippen molar-refractivity contribution in [2.24, 2.45) is 0 Å². The quantitative estimate of drug-likeness (QED) is 0.659. The van der Waals surface area contributed by atoms with Crippen molar-refractivity contribution in [2.45, 2.75) is 19.8 Å². The number of H-pyrrole nitrogens is 1. The Bertz CT molecular complexity index is 517. The van der Waals surface area contributed by atoms with Crippen molar-refractivity contribution in [3.63, 3.8) is 0 Å². The summed E-state index contributed by atoms with van der Waals surface area (Å²) in [5.41, 5.74) is 8.43. The first-order valence-corrected chi connectivity index (χ1v) is 6.80. The molecule has 5 nitrogen and oxygen atoms in total. The van der Waals surface area contributed by atoms with Crippen LogP contribution in [0, 0.1) is 0 Å². The van der Waals surface area contributed by atoms with Crippen LogP contribution >= 0.6 is 0 Å². The number of anilines is 1. The zero-order valence-electron chi connectivity index (χ0n) is 11.4. The average Bonchev–Trinajstić information content (AvgIpc) is 2.78. The first-order valence-electron chi connectivity index (χ1n) is 6.80. The Balaban J connectivity index is 2.00. The molecule has 1 aromatic carbocycles. The minimum absolute atomic E-state index is 0.205. The Morgan fingerprint density at radius 1 is 1.32 bits per heavy atom. The van der Waals surface area contributed by atoms with E-state index in [-0.39, 0.29) is 6.61 Å². The Morgan fingerprint density at radius 2 is 2.16 bits per heavy atom. The van der Waals surface area contributed by atoms with E-state index in [4.69, 9.17) is 10.8 Å². The van der Waals surface area contributed by atoms with Crippen molar-refractivity contribution in [2.75, 3.05) is 32.0 Å². The molecule has 0 saturated carbocycles. The number of nitrogen functional groups attached to an aromatic ring is 1. The fourth-order valence-electron chi connectivity index (χ4n) is 2.26. The minimum Gasteiger partial charge on any atom is -0.399 e. The van der Waals surface area contributed by atoms with Crippen LogP contribution in [0.5, 0.6) is 0 Å². The summed E-state index contributed by atoms with van der Waals surface area (Å²) in [6.45, 7) is 4.99. The lowest BCUT2D eigenvalue weighted by Gasteiger charge is -2.19. The number of rotatable bonds is 7. The minimum atomic E-state index is 0.205. The van der Waals surface area contributed by atoms with Gasteiger partial charge in [0, 0.05) is 25.2 Å². The van der Waals surface area contributed by atoms with Crippen LogP contribution in [0.1, 0.15) is 19.2 Å². The van der Waals surface area contributed by atoms with Crippen molar-refractivity contribution in [3.8, 4) is 0 Å². The summed E-state index contributed by atoms with van der Waals surface area (Å²) in [6.07, 6.45) is 1.95. The van der Waals surface area contributed by atoms with E-state index in [2.05, 4.69) is 21.8 Å². The van der Waals surface area contributed by atoms with Gasteiger partial charge < -0.3 is 20.7 Å². The van der Waals surface area contributed by atoms with Gasteiger partial charge in [0.25, 0.3) is 0 Å². The second-order valence-corrected chi connectivity index (χ2v) is 4.78. The summed E-state index contributed by atoms with van der Waals surface area (Å²) in [7, 11) is 0. The molecule has 1 aromatic heterocycles. The van der Waals surface area contributed by atoms with Gasteiger partial charge in [-0.2, -0.15) is 0 Å². The zero-order chi connectivity index (χ0) is 13.7. The molecule has 0 unspecified atom stereocenters. The molecule has 19 heavy (non-hydrogen) atoms. The smallest absolute Gasteiger partial charge is 0.108 e. The third-order valence-electron chi connectivity index (χ3n) is 3.18. The largest absolute Gasteiger partial charge is 0.399 e. The number of aromatic nitrogens is 2. The maximum Gasteiger partial charge on any atom is 0.108 e. The van der Waals surface area contributed by atoms with Crippen LogP contribution in [-0.4, -0.2) is 46.2 Å². The summed E-state index contributed by atoms with van der Waals surface area (Å²) in [6, 6.07) is 5.70. The number of aliphatic hydroxyl groups excluding tert-OH is 1. The van der Waals surface area contributed by atoms with E-state index in [1.54, 1.807) is 0 Å². The summed E-state index contributed by atoms with van der Waals surface area (Å²) in [5, 5.41) is 9.03. The molecule has 104 valence electrons. The Morgan fingerprint density at radius 3 is 2.89 bits per heavy atom. The second kappa shape index (κ2) is 6.54. The molecule has 2 rings (SSSR count). The first-order chi connectivity index (χ1) is 9.22. The molecule has 5 heteroatoms. The van der Waals surface area contributed by atoms with Gasteiger partial charge in [-0.15, -0.1) is 0 Å². The fraction of sp³-hybridized carbons (Fsp3) is 0.500. The zero-order valence-corrected chi connectivity index (χ0v) is 11.4. The number of aromatic amines is 1. The number of aliphatic hydroxyl groups is 1. The van der Waals surface area contributed by atoms with Gasteiger partial charge in [0.1, 0.15) is 5.82 Å². The van der Waals surface area contributed by atoms with E-state index >= 15 is 0 Å². The van der Waals surface area contributed by atoms with Gasteiger partial charge in [0.15, 0.2) is 0 Å². The molecule has 0 atom stereocenters. The van der Waals surface area contributed by atoms with Crippen LogP contribution < -0.4 is 5.73 Å². The monoisotopic (exact) mass is 262 g/mol. The molecular formula is C14H22N4O. The van der Waals surface area contributed by atoms with Gasteiger partial charge in [0.05, 0.1) is 17.6 Å². The molecular weight excluding hydrogens is 240 g/mol. The molecule has 2 aromatic rings. The van der Waals surface area contributed by atoms with E-state index in [9.17, 15) is 0 Å². The van der Waals surface area contributed by atoms with Crippen LogP contribution in [0.25, 0.3) is 11.0 Å². The number of nitrogens with zero attached hydrogens (tertiary/aromatic N) is 2. The third kappa shape index (κ3) is 3.68. The Labute approximate surface area is 113 Å². The third-order valence-corrected chi connectivity index (χ3v) is 3.18. The topological polar surface area (TPSA) is 78.2 Å². The molecule has 0 aliphatic heterocycles. The van der Waals surface area contributed by atoms with Crippen LogP contribution in [-0.2, 0) is 6.42 Å². The van der Waals surface area contributed by atoms with Crippen molar-refractivity contribution in [3.05, 3.63) is 24.0 Å². The van der Waals surface area contributed by atoms with E-state index in [1.807, 2.05) is 18.2 Å². The van der Waals surface area contributed by atoms with Crippen molar-refractivity contribution in [1.82, 2.24) is 14.9 Å². The normalized spacial score (nSPS) is 11.5. The maximum atomic E-state index is 9.03. The lowest BCUT2D eigenvalue weighted by atomic mass is 10.3. The lowest BCUT2D eigenvalue weighted by molar-refractivity contribution is 0.196. The van der Waals surface area contributed by atoms with Crippen LogP contribution in [0.4, 0.5) is 5.69 Å². The number of imidazole rings is 1. The average molecular weight is 262 g/mol. The van der Waals surface area contributed by atoms with E-state index in [0.717, 1.165) is 55.0 Å². The van der Waals surface area contributed by atoms with Crippen LogP contribution in [0.2, 0.25) is 0 Å². The van der Waals surface area contributed by atoms with E-state index < -0.39 is 0 Å². The molecule has 0 saturated heterocycles. The fourth-order valence-corrected chi connectivity index (χ4v) is 2.26. The van der Waals surface area contributed by atoms with Crippen LogP contribution in [0.3, 0.4) is 0 Å². The van der Waals surface area contributed by atoms with Gasteiger partial charge in [0.2, 0.25) is 0 Å². The number of hydrogen-bond donors (Lipinski definition) is 3. The van der Waals surface area contributed by atoms with Crippen LogP contribution in [0.15, 0.2) is 18.2 Å². The summed E-state index contributed by atoms with van der Waals surface area (Å²) < 4.78 is 0. The first kappa shape index (κ1) is 13.8. The number of hydrogen-bond acceptors (Lipinski definition) is 4. The van der Waals surface area contributed by atoms with Gasteiger partial charge >= 0.3 is 0 Å². The number of nitrogens with two attached hydrogens (primary N) is 1. The molecule has 0 aliphatic rings. The maximum absolute atomic E-state index is 9.03. The molecule has 1 heterocycles. The van der Waals surface area contributed by atoms with E-state index in [1.165, 1.54) is 0 Å². The summed E-state index contributed by atoms with van der Waals surface area (Å²) >= 11 is 0. The lowest BCUT2D eigenvalue weighted by Crippen LogP contribution is -2.30. The number of nitrogens with one attached hydrogen (secondary N) is 1. The van der Waals surface area contributed by atoms with Gasteiger partial charge in [-0.1, -0.05) is 6.92 Å². The number of benzene rings is 1. The van der Waals surface area contributed by atoms with Crippen molar-refractivity contribution in [1.29, 1.82) is 0 Å². The highest BCUT2D eigenvalue weighted by atomic mass is 16.3. The molecule has 0 spiro atoms. The van der Waals surface area contributed by atoms with Crippen molar-refractivity contribution < 1.29 is 5.11 Å². The molecule has 0 radical (unpaired) electrons. The highest BCUT2D eigenvalue weighted by Crippen LogP contribution is 2.15. The standard InChI is InChI=1S/C14H22N4O/c1-2-6-18(8-9-19)7-5-14-16-12-4-3-11(15)10-13(12)17-14/h3-4,10,19H,2,5-9,15H2,1H3,(H,16,17). The second-order valence-electron chi connectivity index (χ2n) is 4.78. The predicted octanol–water partition coefficient (Wildman–Crippen LogP) is 1.39. The molecule has 4 N–H and O–H groups in total.